The number of carbonyl (C=O) groups excluding carboxylic acids is 1. The van der Waals surface area contributed by atoms with Crippen molar-refractivity contribution in [1.82, 2.24) is 10.2 Å². The zero-order valence-corrected chi connectivity index (χ0v) is 10.4. The van der Waals surface area contributed by atoms with E-state index in [2.05, 4.69) is 10.2 Å². The van der Waals surface area contributed by atoms with E-state index >= 15 is 0 Å². The number of rotatable bonds is 6. The van der Waals surface area contributed by atoms with Crippen molar-refractivity contribution in [2.45, 2.75) is 44.6 Å². The first-order valence-electron chi connectivity index (χ1n) is 6.45. The van der Waals surface area contributed by atoms with E-state index in [1.54, 1.807) is 7.05 Å². The zero-order chi connectivity index (χ0) is 11.8. The van der Waals surface area contributed by atoms with Crippen LogP contribution in [-0.4, -0.2) is 43.5 Å². The number of nitrogens with zero attached hydrogens (tertiary/aromatic N) is 1. The van der Waals surface area contributed by atoms with Crippen LogP contribution in [0.25, 0.3) is 0 Å². The van der Waals surface area contributed by atoms with E-state index in [0.717, 1.165) is 38.9 Å². The molecule has 1 aliphatic heterocycles. The number of unbranched alkanes of at least 4 members (excludes halogenated alkanes) is 2. The van der Waals surface area contributed by atoms with Crippen molar-refractivity contribution in [3.63, 3.8) is 0 Å². The quantitative estimate of drug-likeness (QED) is 0.657. The summed E-state index contributed by atoms with van der Waals surface area (Å²) in [4.78, 5) is 14.0. The van der Waals surface area contributed by atoms with Gasteiger partial charge in [0.05, 0.1) is 6.04 Å². The van der Waals surface area contributed by atoms with Crippen LogP contribution in [0.2, 0.25) is 0 Å². The third-order valence-electron chi connectivity index (χ3n) is 3.31. The summed E-state index contributed by atoms with van der Waals surface area (Å²) in [6.07, 6.45) is 6.84. The first-order chi connectivity index (χ1) is 7.79. The van der Waals surface area contributed by atoms with Crippen LogP contribution in [0.5, 0.6) is 0 Å². The van der Waals surface area contributed by atoms with Gasteiger partial charge in [0.15, 0.2) is 0 Å². The second kappa shape index (κ2) is 7.63. The molecule has 0 aromatic heterocycles. The Hall–Kier alpha value is -0.610. The lowest BCUT2D eigenvalue weighted by Gasteiger charge is -2.34. The summed E-state index contributed by atoms with van der Waals surface area (Å²) in [5, 5.41) is 2.77. The normalized spacial score (nSPS) is 22.0. The zero-order valence-electron chi connectivity index (χ0n) is 10.4. The van der Waals surface area contributed by atoms with Gasteiger partial charge in [-0.1, -0.05) is 12.8 Å². The molecule has 3 N–H and O–H groups in total. The van der Waals surface area contributed by atoms with Gasteiger partial charge in [-0.2, -0.15) is 0 Å². The SMILES string of the molecule is CNC(=O)C1CCCCN1CCCCCN. The number of carbonyl (C=O) groups is 1. The highest BCUT2D eigenvalue weighted by Crippen LogP contribution is 2.17. The molecule has 1 heterocycles. The van der Waals surface area contributed by atoms with Crippen molar-refractivity contribution in [1.29, 1.82) is 0 Å². The maximum Gasteiger partial charge on any atom is 0.237 e. The van der Waals surface area contributed by atoms with Crippen LogP contribution in [0.1, 0.15) is 38.5 Å². The van der Waals surface area contributed by atoms with Crippen molar-refractivity contribution < 1.29 is 4.79 Å². The topological polar surface area (TPSA) is 58.4 Å². The minimum atomic E-state index is 0.108. The first-order valence-corrected chi connectivity index (χ1v) is 6.45. The summed E-state index contributed by atoms with van der Waals surface area (Å²) in [6.45, 7) is 2.89. The smallest absolute Gasteiger partial charge is 0.237 e. The largest absolute Gasteiger partial charge is 0.358 e. The fourth-order valence-electron chi connectivity index (χ4n) is 2.36. The Morgan fingerprint density at radius 3 is 2.88 bits per heavy atom. The maximum absolute atomic E-state index is 11.7. The predicted molar refractivity (Wildman–Crippen MR) is 66.2 cm³/mol. The molecule has 1 aliphatic rings. The van der Waals surface area contributed by atoms with Crippen molar-refractivity contribution in [2.75, 3.05) is 26.7 Å². The van der Waals surface area contributed by atoms with Gasteiger partial charge in [-0.25, -0.2) is 0 Å². The fourth-order valence-corrected chi connectivity index (χ4v) is 2.36. The molecule has 94 valence electrons. The Morgan fingerprint density at radius 1 is 1.38 bits per heavy atom. The molecule has 4 nitrogen and oxygen atoms in total. The lowest BCUT2D eigenvalue weighted by atomic mass is 10.0. The predicted octanol–water partition coefficient (Wildman–Crippen LogP) is 0.716. The van der Waals surface area contributed by atoms with Crippen LogP contribution in [0.4, 0.5) is 0 Å². The van der Waals surface area contributed by atoms with Crippen molar-refractivity contribution in [3.8, 4) is 0 Å². The Labute approximate surface area is 98.6 Å². The number of nitrogens with two attached hydrogens (primary N) is 1. The van der Waals surface area contributed by atoms with Crippen LogP contribution in [0, 0.1) is 0 Å². The van der Waals surface area contributed by atoms with Gasteiger partial charge < -0.3 is 11.1 Å². The highest BCUT2D eigenvalue weighted by molar-refractivity contribution is 5.81. The van der Waals surface area contributed by atoms with Crippen molar-refractivity contribution >= 4 is 5.91 Å². The molecule has 0 aromatic rings. The highest BCUT2D eigenvalue weighted by atomic mass is 16.2. The molecular formula is C12H25N3O. The molecule has 0 aromatic carbocycles. The molecule has 0 spiro atoms. The average molecular weight is 227 g/mol. The molecule has 4 heteroatoms. The lowest BCUT2D eigenvalue weighted by molar-refractivity contribution is -0.127. The summed E-state index contributed by atoms with van der Waals surface area (Å²) in [5.41, 5.74) is 5.47. The maximum atomic E-state index is 11.7. The second-order valence-electron chi connectivity index (χ2n) is 4.51. The van der Waals surface area contributed by atoms with Gasteiger partial charge in [0.2, 0.25) is 5.91 Å². The molecule has 1 fully saturated rings. The van der Waals surface area contributed by atoms with E-state index < -0.39 is 0 Å². The van der Waals surface area contributed by atoms with Gasteiger partial charge in [0, 0.05) is 7.05 Å². The van der Waals surface area contributed by atoms with E-state index in [0.29, 0.717) is 0 Å². The van der Waals surface area contributed by atoms with Gasteiger partial charge in [0.1, 0.15) is 0 Å². The number of nitrogens with one attached hydrogen (secondary N) is 1. The molecule has 0 saturated carbocycles. The molecule has 0 radical (unpaired) electrons. The summed E-state index contributed by atoms with van der Waals surface area (Å²) >= 11 is 0. The third kappa shape index (κ3) is 4.10. The molecule has 1 unspecified atom stereocenters. The van der Waals surface area contributed by atoms with E-state index in [4.69, 9.17) is 5.73 Å². The minimum absolute atomic E-state index is 0.108. The van der Waals surface area contributed by atoms with E-state index in [-0.39, 0.29) is 11.9 Å². The average Bonchev–Trinajstić information content (AvgIpc) is 2.34. The summed E-state index contributed by atoms with van der Waals surface area (Å²) < 4.78 is 0. The monoisotopic (exact) mass is 227 g/mol. The molecular weight excluding hydrogens is 202 g/mol. The Morgan fingerprint density at radius 2 is 2.19 bits per heavy atom. The minimum Gasteiger partial charge on any atom is -0.358 e. The summed E-state index contributed by atoms with van der Waals surface area (Å²) in [6, 6.07) is 0.108. The Bertz CT molecular complexity index is 208. The number of hydrogen-bond donors (Lipinski definition) is 2. The molecule has 0 aliphatic carbocycles. The van der Waals surface area contributed by atoms with Gasteiger partial charge in [-0.15, -0.1) is 0 Å². The first kappa shape index (κ1) is 13.5. The number of amides is 1. The highest BCUT2D eigenvalue weighted by Gasteiger charge is 2.27. The van der Waals surface area contributed by atoms with Crippen LogP contribution in [-0.2, 0) is 4.79 Å². The summed E-state index contributed by atoms with van der Waals surface area (Å²) in [5.74, 6) is 0.179. The van der Waals surface area contributed by atoms with Crippen LogP contribution >= 0.6 is 0 Å². The Balaban J connectivity index is 2.32. The molecule has 1 amide bonds. The Kier molecular flexibility index (Phi) is 6.42. The van der Waals surface area contributed by atoms with Gasteiger partial charge in [-0.05, 0) is 45.3 Å². The van der Waals surface area contributed by atoms with E-state index in [1.807, 2.05) is 0 Å². The number of likely N-dealkylation sites (N-methyl/N-ethyl adjacent to an activating group) is 1. The van der Waals surface area contributed by atoms with E-state index in [1.165, 1.54) is 19.3 Å². The second-order valence-corrected chi connectivity index (χ2v) is 4.51. The third-order valence-corrected chi connectivity index (χ3v) is 3.31. The summed E-state index contributed by atoms with van der Waals surface area (Å²) in [7, 11) is 1.73. The van der Waals surface area contributed by atoms with Crippen LogP contribution in [0.15, 0.2) is 0 Å². The van der Waals surface area contributed by atoms with Gasteiger partial charge in [-0.3, -0.25) is 9.69 Å². The number of piperidine rings is 1. The molecule has 1 atom stereocenters. The van der Waals surface area contributed by atoms with Crippen molar-refractivity contribution in [2.24, 2.45) is 5.73 Å². The lowest BCUT2D eigenvalue weighted by Crippen LogP contribution is -2.48. The fraction of sp³-hybridized carbons (Fsp3) is 0.917. The molecule has 16 heavy (non-hydrogen) atoms. The standard InChI is InChI=1S/C12H25N3O/c1-14-12(16)11-7-3-6-10-15(11)9-5-2-4-8-13/h11H,2-10,13H2,1H3,(H,14,16). The van der Waals surface area contributed by atoms with E-state index in [9.17, 15) is 4.79 Å². The molecule has 0 bridgehead atoms. The number of hydrogen-bond acceptors (Lipinski definition) is 3. The number of likely N-dealkylation sites (tertiary alicyclic amines) is 1. The van der Waals surface area contributed by atoms with Gasteiger partial charge in [0.25, 0.3) is 0 Å². The molecule has 1 rings (SSSR count). The van der Waals surface area contributed by atoms with Gasteiger partial charge >= 0.3 is 0 Å². The van der Waals surface area contributed by atoms with Crippen molar-refractivity contribution in [3.05, 3.63) is 0 Å². The molecule has 1 saturated heterocycles. The van der Waals surface area contributed by atoms with Crippen LogP contribution in [0.3, 0.4) is 0 Å². The van der Waals surface area contributed by atoms with Crippen LogP contribution < -0.4 is 11.1 Å².